The second-order valence-corrected chi connectivity index (χ2v) is 10.4. The number of nitrogens with one attached hydrogen (secondary N) is 1. The Hall–Kier alpha value is -0.530. The summed E-state index contributed by atoms with van der Waals surface area (Å²) in [5.41, 5.74) is 1.19. The Balaban J connectivity index is 2.11. The first-order valence-electron chi connectivity index (χ1n) is 8.43. The summed E-state index contributed by atoms with van der Waals surface area (Å²) in [4.78, 5) is 25.1. The van der Waals surface area contributed by atoms with Gasteiger partial charge in [0.1, 0.15) is 17.7 Å². The fourth-order valence-corrected chi connectivity index (χ4v) is 2.97. The Kier molecular flexibility index (Phi) is 6.26. The first-order valence-corrected chi connectivity index (χ1v) is 9.56. The molecule has 2 aliphatic heterocycles. The molecule has 0 aromatic carbocycles. The Labute approximate surface area is 169 Å². The predicted molar refractivity (Wildman–Crippen MR) is 101 cm³/mol. The van der Waals surface area contributed by atoms with E-state index in [0.717, 1.165) is 0 Å². The number of alkyl halides is 3. The predicted octanol–water partition coefficient (Wildman–Crippen LogP) is 3.15. The van der Waals surface area contributed by atoms with Crippen LogP contribution in [0.4, 0.5) is 0 Å². The number of nitrogens with zero attached hydrogens (tertiary/aromatic N) is 1. The van der Waals surface area contributed by atoms with Gasteiger partial charge in [0, 0.05) is 12.5 Å². The molecule has 2 bridgehead atoms. The molecule has 2 aliphatic rings. The van der Waals surface area contributed by atoms with Crippen LogP contribution in [0.3, 0.4) is 0 Å². The van der Waals surface area contributed by atoms with E-state index in [1.54, 1.807) is 18.9 Å². The van der Waals surface area contributed by atoms with Crippen molar-refractivity contribution >= 4 is 46.7 Å². The zero-order valence-electron chi connectivity index (χ0n) is 15.5. The van der Waals surface area contributed by atoms with E-state index in [1.165, 1.54) is 0 Å². The van der Waals surface area contributed by atoms with E-state index in [4.69, 9.17) is 44.3 Å². The Morgan fingerprint density at radius 1 is 1.08 bits per heavy atom. The van der Waals surface area contributed by atoms with E-state index in [-0.39, 0.29) is 11.9 Å². The third-order valence-corrected chi connectivity index (χ3v) is 5.59. The second kappa shape index (κ2) is 7.47. The fraction of sp³-hybridized carbons (Fsp3) is 0.765. The SMILES string of the molecule is CC(C)(C)OC(=O)C1CC2C=CCN(N1)C2C(=O)OC(C)(C)C(Cl)(Cl)Cl. The Morgan fingerprint density at radius 2 is 1.69 bits per heavy atom. The van der Waals surface area contributed by atoms with Gasteiger partial charge in [-0.1, -0.05) is 47.0 Å². The van der Waals surface area contributed by atoms with Gasteiger partial charge in [-0.25, -0.2) is 10.4 Å². The lowest BCUT2D eigenvalue weighted by molar-refractivity contribution is -0.175. The van der Waals surface area contributed by atoms with Crippen LogP contribution in [0.25, 0.3) is 0 Å². The maximum absolute atomic E-state index is 12.7. The van der Waals surface area contributed by atoms with E-state index in [9.17, 15) is 9.59 Å². The molecule has 0 aliphatic carbocycles. The van der Waals surface area contributed by atoms with Gasteiger partial charge >= 0.3 is 11.9 Å². The van der Waals surface area contributed by atoms with Gasteiger partial charge in [-0.15, -0.1) is 0 Å². The van der Waals surface area contributed by atoms with Crippen molar-refractivity contribution in [2.45, 2.75) is 68.1 Å². The number of esters is 2. The molecule has 0 saturated carbocycles. The number of fused-ring (bicyclic) bond motifs is 2. The topological polar surface area (TPSA) is 67.9 Å². The number of carbonyl (C=O) groups is 2. The molecule has 1 N–H and O–H groups in total. The van der Waals surface area contributed by atoms with E-state index in [2.05, 4.69) is 5.43 Å². The monoisotopic (exact) mass is 426 g/mol. The van der Waals surface area contributed by atoms with Crippen LogP contribution in [0.5, 0.6) is 0 Å². The van der Waals surface area contributed by atoms with Crippen molar-refractivity contribution < 1.29 is 19.1 Å². The number of carbonyl (C=O) groups excluding carboxylic acids is 2. The van der Waals surface area contributed by atoms with Crippen LogP contribution in [0, 0.1) is 5.92 Å². The molecule has 4 atom stereocenters. The molecular weight excluding hydrogens is 403 g/mol. The van der Waals surface area contributed by atoms with Crippen molar-refractivity contribution in [3.8, 4) is 0 Å². The minimum Gasteiger partial charge on any atom is -0.459 e. The highest BCUT2D eigenvalue weighted by atomic mass is 35.6. The quantitative estimate of drug-likeness (QED) is 0.424. The molecule has 0 aromatic heterocycles. The van der Waals surface area contributed by atoms with E-state index < -0.39 is 33.0 Å². The van der Waals surface area contributed by atoms with Gasteiger partial charge in [0.2, 0.25) is 3.79 Å². The standard InChI is InChI=1S/C17H25Cl3N2O4/c1-15(2,3)25-13(23)11-9-10-7-6-8-22(21-11)12(10)14(24)26-16(4,5)17(18,19)20/h6-7,10-12,21H,8-9H2,1-5H3. The van der Waals surface area contributed by atoms with Gasteiger partial charge in [0.25, 0.3) is 0 Å². The first-order chi connectivity index (χ1) is 11.7. The maximum atomic E-state index is 12.7. The van der Waals surface area contributed by atoms with Gasteiger partial charge in [-0.2, -0.15) is 0 Å². The van der Waals surface area contributed by atoms with Crippen molar-refractivity contribution in [3.63, 3.8) is 0 Å². The number of rotatable bonds is 3. The van der Waals surface area contributed by atoms with Crippen LogP contribution >= 0.6 is 34.8 Å². The molecule has 0 spiro atoms. The minimum absolute atomic E-state index is 0.207. The van der Waals surface area contributed by atoms with Gasteiger partial charge in [0.05, 0.1) is 0 Å². The summed E-state index contributed by atoms with van der Waals surface area (Å²) in [5, 5.41) is 1.68. The molecular formula is C17H25Cl3N2O4. The number of hydrogen-bond donors (Lipinski definition) is 1. The van der Waals surface area contributed by atoms with Crippen LogP contribution in [-0.2, 0) is 19.1 Å². The molecule has 4 unspecified atom stereocenters. The van der Waals surface area contributed by atoms with Crippen LogP contribution in [-0.4, -0.2) is 50.6 Å². The highest BCUT2D eigenvalue weighted by Gasteiger charge is 2.49. The van der Waals surface area contributed by atoms with Crippen LogP contribution in [0.1, 0.15) is 41.0 Å². The Bertz CT molecular complexity index is 596. The van der Waals surface area contributed by atoms with Crippen LogP contribution in [0.15, 0.2) is 12.2 Å². The average Bonchev–Trinajstić information content (AvgIpc) is 2.42. The van der Waals surface area contributed by atoms with E-state index in [1.807, 2.05) is 32.9 Å². The Morgan fingerprint density at radius 3 is 2.19 bits per heavy atom. The lowest BCUT2D eigenvalue weighted by Gasteiger charge is -2.45. The van der Waals surface area contributed by atoms with E-state index >= 15 is 0 Å². The molecule has 2 rings (SSSR count). The zero-order chi connectivity index (χ0) is 19.9. The molecule has 1 fully saturated rings. The molecule has 2 heterocycles. The molecule has 1 saturated heterocycles. The molecule has 26 heavy (non-hydrogen) atoms. The van der Waals surface area contributed by atoms with Crippen LogP contribution in [0.2, 0.25) is 0 Å². The number of halogens is 3. The summed E-state index contributed by atoms with van der Waals surface area (Å²) in [6.07, 6.45) is 4.27. The fourth-order valence-electron chi connectivity index (χ4n) is 2.86. The molecule has 6 nitrogen and oxygen atoms in total. The molecule has 0 amide bonds. The van der Waals surface area contributed by atoms with Gasteiger partial charge in [0.15, 0.2) is 5.60 Å². The number of ether oxygens (including phenoxy) is 2. The number of hydrazine groups is 1. The summed E-state index contributed by atoms with van der Waals surface area (Å²) in [6.45, 7) is 8.97. The van der Waals surface area contributed by atoms with Crippen molar-refractivity contribution in [1.82, 2.24) is 10.4 Å². The maximum Gasteiger partial charge on any atom is 0.326 e. The normalized spacial score (nSPS) is 29.2. The average molecular weight is 428 g/mol. The first kappa shape index (κ1) is 21.8. The summed E-state index contributed by atoms with van der Waals surface area (Å²) in [7, 11) is 0. The summed E-state index contributed by atoms with van der Waals surface area (Å²) in [6, 6.07) is -1.14. The largest absolute Gasteiger partial charge is 0.459 e. The molecule has 0 aromatic rings. The third kappa shape index (κ3) is 5.04. The summed E-state index contributed by atoms with van der Waals surface area (Å²) in [5.74, 6) is -1.07. The van der Waals surface area contributed by atoms with Crippen molar-refractivity contribution in [1.29, 1.82) is 0 Å². The molecule has 148 valence electrons. The second-order valence-electron chi connectivity index (χ2n) is 8.07. The van der Waals surface area contributed by atoms with Gasteiger partial charge in [-0.05, 0) is 41.0 Å². The molecule has 9 heteroatoms. The third-order valence-electron chi connectivity index (χ3n) is 4.23. The van der Waals surface area contributed by atoms with Crippen molar-refractivity contribution in [3.05, 3.63) is 12.2 Å². The van der Waals surface area contributed by atoms with Gasteiger partial charge in [-0.3, -0.25) is 9.59 Å². The minimum atomic E-state index is -1.76. The zero-order valence-corrected chi connectivity index (χ0v) is 17.8. The smallest absolute Gasteiger partial charge is 0.326 e. The highest BCUT2D eigenvalue weighted by Crippen LogP contribution is 2.41. The number of hydrogen-bond acceptors (Lipinski definition) is 6. The highest BCUT2D eigenvalue weighted by molar-refractivity contribution is 6.68. The van der Waals surface area contributed by atoms with Crippen molar-refractivity contribution in [2.24, 2.45) is 5.92 Å². The van der Waals surface area contributed by atoms with E-state index in [0.29, 0.717) is 13.0 Å². The molecule has 0 radical (unpaired) electrons. The summed E-state index contributed by atoms with van der Waals surface area (Å²) >= 11 is 17.7. The van der Waals surface area contributed by atoms with Crippen molar-refractivity contribution in [2.75, 3.05) is 6.54 Å². The summed E-state index contributed by atoms with van der Waals surface area (Å²) < 4.78 is 9.17. The van der Waals surface area contributed by atoms with Gasteiger partial charge < -0.3 is 9.47 Å². The lowest BCUT2D eigenvalue weighted by atomic mass is 9.86. The lowest BCUT2D eigenvalue weighted by Crippen LogP contribution is -2.65. The van der Waals surface area contributed by atoms with Crippen LogP contribution < -0.4 is 5.43 Å².